The number of piperidine rings is 1. The molecule has 2 heterocycles. The molecule has 26 heavy (non-hydrogen) atoms. The lowest BCUT2D eigenvalue weighted by Crippen LogP contribution is -2.42. The molecule has 2 aromatic rings. The number of nitrogens with zero attached hydrogens (tertiary/aromatic N) is 3. The largest absolute Gasteiger partial charge is 0.507 e. The lowest BCUT2D eigenvalue weighted by molar-refractivity contribution is -0.123. The number of hydrogen-bond donors (Lipinski definition) is 3. The number of aromatic hydroxyl groups is 1. The van der Waals surface area contributed by atoms with Crippen LogP contribution in [-0.2, 0) is 4.79 Å². The van der Waals surface area contributed by atoms with Crippen molar-refractivity contribution in [3.8, 4) is 17.1 Å². The first-order valence-electron chi connectivity index (χ1n) is 8.92. The lowest BCUT2D eigenvalue weighted by Gasteiger charge is -2.31. The van der Waals surface area contributed by atoms with Gasteiger partial charge in [0.1, 0.15) is 11.6 Å². The highest BCUT2D eigenvalue weighted by molar-refractivity contribution is 5.76. The van der Waals surface area contributed by atoms with E-state index in [0.29, 0.717) is 17.9 Å². The van der Waals surface area contributed by atoms with E-state index in [1.807, 2.05) is 19.1 Å². The van der Waals surface area contributed by atoms with Crippen LogP contribution in [0.3, 0.4) is 0 Å². The van der Waals surface area contributed by atoms with Crippen molar-refractivity contribution in [2.75, 3.05) is 31.5 Å². The minimum absolute atomic E-state index is 0.0438. The van der Waals surface area contributed by atoms with Crippen molar-refractivity contribution in [2.45, 2.75) is 19.8 Å². The van der Waals surface area contributed by atoms with Crippen LogP contribution in [0.15, 0.2) is 30.3 Å². The second kappa shape index (κ2) is 8.14. The quantitative estimate of drug-likeness (QED) is 0.729. The maximum atomic E-state index is 11.4. The van der Waals surface area contributed by atoms with Gasteiger partial charge in [-0.15, -0.1) is 0 Å². The van der Waals surface area contributed by atoms with Crippen molar-refractivity contribution >= 4 is 11.7 Å². The van der Waals surface area contributed by atoms with Crippen LogP contribution in [0.2, 0.25) is 0 Å². The van der Waals surface area contributed by atoms with E-state index >= 15 is 0 Å². The number of aryl methyl sites for hydroxylation is 1. The maximum Gasteiger partial charge on any atom is 0.221 e. The number of rotatable bonds is 6. The van der Waals surface area contributed by atoms with Crippen LogP contribution < -0.4 is 11.1 Å². The summed E-state index contributed by atoms with van der Waals surface area (Å²) in [5.41, 5.74) is 6.87. The zero-order chi connectivity index (χ0) is 18.5. The van der Waals surface area contributed by atoms with Crippen molar-refractivity contribution in [3.05, 3.63) is 36.0 Å². The Balaban J connectivity index is 1.62. The standard InChI is InChI=1S/C19H25N5O2/c1-13-11-17(23-19(22-13)15-6-2-3-7-16(15)25)21-8-10-24-9-4-5-14(12-24)18(20)26/h2-3,6-7,11,14,25H,4-5,8-10,12H2,1H3,(H2,20,26)(H,21,22,23). The molecule has 1 amide bonds. The number of benzene rings is 1. The molecule has 1 aliphatic heterocycles. The topological polar surface area (TPSA) is 104 Å². The number of amides is 1. The highest BCUT2D eigenvalue weighted by Crippen LogP contribution is 2.26. The Morgan fingerprint density at radius 3 is 2.96 bits per heavy atom. The van der Waals surface area contributed by atoms with Gasteiger partial charge < -0.3 is 21.1 Å². The smallest absolute Gasteiger partial charge is 0.221 e. The van der Waals surface area contributed by atoms with Crippen LogP contribution >= 0.6 is 0 Å². The van der Waals surface area contributed by atoms with E-state index in [1.54, 1.807) is 18.2 Å². The Kier molecular flexibility index (Phi) is 5.68. The summed E-state index contributed by atoms with van der Waals surface area (Å²) in [6.45, 7) is 5.14. The van der Waals surface area contributed by atoms with Crippen molar-refractivity contribution in [2.24, 2.45) is 11.7 Å². The average molecular weight is 355 g/mol. The third-order valence-electron chi connectivity index (χ3n) is 4.64. The fourth-order valence-electron chi connectivity index (χ4n) is 3.28. The third kappa shape index (κ3) is 4.49. The van der Waals surface area contributed by atoms with E-state index in [-0.39, 0.29) is 17.6 Å². The first kappa shape index (κ1) is 18.1. The van der Waals surface area contributed by atoms with Gasteiger partial charge in [-0.3, -0.25) is 4.79 Å². The molecule has 7 heteroatoms. The van der Waals surface area contributed by atoms with Crippen molar-refractivity contribution < 1.29 is 9.90 Å². The highest BCUT2D eigenvalue weighted by Gasteiger charge is 2.23. The number of nitrogens with two attached hydrogens (primary N) is 1. The van der Waals surface area contributed by atoms with Crippen LogP contribution in [0.25, 0.3) is 11.4 Å². The van der Waals surface area contributed by atoms with Gasteiger partial charge >= 0.3 is 0 Å². The molecule has 0 spiro atoms. The summed E-state index contributed by atoms with van der Waals surface area (Å²) in [5.74, 6) is 1.13. The zero-order valence-corrected chi connectivity index (χ0v) is 15.0. The minimum Gasteiger partial charge on any atom is -0.507 e. The molecule has 1 fully saturated rings. The minimum atomic E-state index is -0.207. The van der Waals surface area contributed by atoms with E-state index in [4.69, 9.17) is 5.73 Å². The van der Waals surface area contributed by atoms with Gasteiger partial charge in [0.25, 0.3) is 0 Å². The Morgan fingerprint density at radius 2 is 2.19 bits per heavy atom. The van der Waals surface area contributed by atoms with Crippen molar-refractivity contribution in [3.63, 3.8) is 0 Å². The fourth-order valence-corrected chi connectivity index (χ4v) is 3.28. The maximum absolute atomic E-state index is 11.4. The molecule has 1 atom stereocenters. The van der Waals surface area contributed by atoms with Crippen molar-refractivity contribution in [1.29, 1.82) is 0 Å². The summed E-state index contributed by atoms with van der Waals surface area (Å²) < 4.78 is 0. The summed E-state index contributed by atoms with van der Waals surface area (Å²) in [7, 11) is 0. The van der Waals surface area contributed by atoms with Gasteiger partial charge in [-0.2, -0.15) is 0 Å². The molecule has 1 saturated heterocycles. The number of likely N-dealkylation sites (tertiary alicyclic amines) is 1. The molecular weight excluding hydrogens is 330 g/mol. The van der Waals surface area contributed by atoms with E-state index in [2.05, 4.69) is 20.2 Å². The van der Waals surface area contributed by atoms with E-state index in [9.17, 15) is 9.90 Å². The Hall–Kier alpha value is -2.67. The lowest BCUT2D eigenvalue weighted by atomic mass is 9.97. The van der Waals surface area contributed by atoms with E-state index in [1.165, 1.54) is 0 Å². The number of primary amides is 1. The van der Waals surface area contributed by atoms with Crippen molar-refractivity contribution in [1.82, 2.24) is 14.9 Å². The molecule has 1 aromatic carbocycles. The van der Waals surface area contributed by atoms with Crippen LogP contribution in [0.5, 0.6) is 5.75 Å². The number of anilines is 1. The van der Waals surface area contributed by atoms with E-state index < -0.39 is 0 Å². The summed E-state index contributed by atoms with van der Waals surface area (Å²) in [6, 6.07) is 8.92. The zero-order valence-electron chi connectivity index (χ0n) is 15.0. The van der Waals surface area contributed by atoms with Crippen LogP contribution in [0.4, 0.5) is 5.82 Å². The number of carbonyl (C=O) groups is 1. The van der Waals surface area contributed by atoms with E-state index in [0.717, 1.165) is 44.0 Å². The first-order valence-corrected chi connectivity index (χ1v) is 8.92. The normalized spacial score (nSPS) is 17.8. The molecule has 0 radical (unpaired) electrons. The number of para-hydroxylation sites is 1. The Bertz CT molecular complexity index is 780. The molecule has 0 bridgehead atoms. The monoisotopic (exact) mass is 355 g/mol. The molecule has 1 aliphatic rings. The predicted molar refractivity (Wildman–Crippen MR) is 101 cm³/mol. The molecule has 0 aliphatic carbocycles. The van der Waals surface area contributed by atoms with Gasteiger partial charge in [0.2, 0.25) is 5.91 Å². The summed E-state index contributed by atoms with van der Waals surface area (Å²) >= 11 is 0. The number of hydrogen-bond acceptors (Lipinski definition) is 6. The Labute approximate surface area is 153 Å². The SMILES string of the molecule is Cc1cc(NCCN2CCCC(C(N)=O)C2)nc(-c2ccccc2O)n1. The van der Waals surface area contributed by atoms with Crippen LogP contribution in [-0.4, -0.2) is 52.1 Å². The number of nitrogens with one attached hydrogen (secondary N) is 1. The predicted octanol–water partition coefficient (Wildman–Crippen LogP) is 1.77. The molecular formula is C19H25N5O2. The third-order valence-corrected chi connectivity index (χ3v) is 4.64. The van der Waals surface area contributed by atoms with Gasteiger partial charge in [-0.1, -0.05) is 12.1 Å². The molecule has 7 nitrogen and oxygen atoms in total. The van der Waals surface area contributed by atoms with Crippen LogP contribution in [0, 0.1) is 12.8 Å². The van der Waals surface area contributed by atoms with Gasteiger partial charge in [-0.05, 0) is 38.4 Å². The summed E-state index contributed by atoms with van der Waals surface area (Å²) in [6.07, 6.45) is 1.88. The molecule has 0 saturated carbocycles. The number of phenols is 1. The molecule has 4 N–H and O–H groups in total. The molecule has 3 rings (SSSR count). The molecule has 1 unspecified atom stereocenters. The van der Waals surface area contributed by atoms with Crippen LogP contribution in [0.1, 0.15) is 18.5 Å². The number of phenolic OH excluding ortho intramolecular Hbond substituents is 1. The van der Waals surface area contributed by atoms with Gasteiger partial charge in [0, 0.05) is 31.4 Å². The van der Waals surface area contributed by atoms with Gasteiger partial charge in [0.05, 0.1) is 11.5 Å². The molecule has 1 aromatic heterocycles. The highest BCUT2D eigenvalue weighted by atomic mass is 16.3. The number of aromatic nitrogens is 2. The molecule has 138 valence electrons. The fraction of sp³-hybridized carbons (Fsp3) is 0.421. The Morgan fingerprint density at radius 1 is 1.38 bits per heavy atom. The second-order valence-corrected chi connectivity index (χ2v) is 6.70. The summed E-state index contributed by atoms with van der Waals surface area (Å²) in [5, 5.41) is 13.3. The van der Waals surface area contributed by atoms with Gasteiger partial charge in [0.15, 0.2) is 5.82 Å². The summed E-state index contributed by atoms with van der Waals surface area (Å²) in [4.78, 5) is 22.6. The second-order valence-electron chi connectivity index (χ2n) is 6.70. The number of carbonyl (C=O) groups excluding carboxylic acids is 1. The first-order chi connectivity index (χ1) is 12.5. The average Bonchev–Trinajstić information content (AvgIpc) is 2.62. The van der Waals surface area contributed by atoms with Gasteiger partial charge in [-0.25, -0.2) is 9.97 Å².